The molecular formula is C19H25N3O5. The number of benzene rings is 1. The van der Waals surface area contributed by atoms with Crippen molar-refractivity contribution in [2.24, 2.45) is 11.1 Å². The minimum Gasteiger partial charge on any atom is -0.493 e. The number of piperidine rings is 1. The van der Waals surface area contributed by atoms with Crippen molar-refractivity contribution in [1.82, 2.24) is 9.80 Å². The van der Waals surface area contributed by atoms with Crippen molar-refractivity contribution >= 4 is 17.7 Å². The van der Waals surface area contributed by atoms with E-state index in [-0.39, 0.29) is 12.5 Å². The highest BCUT2D eigenvalue weighted by atomic mass is 16.5. The van der Waals surface area contributed by atoms with E-state index < -0.39 is 17.2 Å². The number of hydrogen-bond acceptors (Lipinski definition) is 5. The maximum Gasteiger partial charge on any atom is 0.311 e. The zero-order valence-electron chi connectivity index (χ0n) is 15.7. The van der Waals surface area contributed by atoms with Crippen LogP contribution in [0.2, 0.25) is 0 Å². The highest BCUT2D eigenvalue weighted by Gasteiger charge is 2.49. The van der Waals surface area contributed by atoms with Crippen LogP contribution < -0.4 is 15.2 Å². The maximum atomic E-state index is 13.2. The molecule has 27 heavy (non-hydrogen) atoms. The van der Waals surface area contributed by atoms with Crippen LogP contribution in [0.5, 0.6) is 11.5 Å². The van der Waals surface area contributed by atoms with Crippen LogP contribution in [0, 0.1) is 5.41 Å². The van der Waals surface area contributed by atoms with E-state index in [0.29, 0.717) is 44.0 Å². The molecule has 2 N–H and O–H groups in total. The van der Waals surface area contributed by atoms with Gasteiger partial charge in [0.15, 0.2) is 11.5 Å². The molecule has 0 saturated carbocycles. The quantitative estimate of drug-likeness (QED) is 0.774. The van der Waals surface area contributed by atoms with E-state index in [1.807, 2.05) is 18.2 Å². The summed E-state index contributed by atoms with van der Waals surface area (Å²) >= 11 is 0. The van der Waals surface area contributed by atoms with Crippen molar-refractivity contribution in [3.05, 3.63) is 23.8 Å². The fraction of sp³-hybridized carbons (Fsp3) is 0.526. The Kier molecular flexibility index (Phi) is 5.25. The van der Waals surface area contributed by atoms with Crippen LogP contribution in [0.15, 0.2) is 18.2 Å². The normalized spacial score (nSPS) is 22.2. The Bertz CT molecular complexity index is 766. The summed E-state index contributed by atoms with van der Waals surface area (Å²) in [5.74, 6) is -0.449. The van der Waals surface area contributed by atoms with Crippen molar-refractivity contribution in [3.63, 3.8) is 0 Å². The molecule has 2 aliphatic rings. The number of carbonyl (C=O) groups is 3. The molecule has 2 saturated heterocycles. The lowest BCUT2D eigenvalue weighted by molar-refractivity contribution is -0.148. The van der Waals surface area contributed by atoms with E-state index in [1.165, 1.54) is 4.90 Å². The third kappa shape index (κ3) is 3.43. The summed E-state index contributed by atoms with van der Waals surface area (Å²) in [5.41, 5.74) is 5.34. The molecule has 0 aliphatic carbocycles. The zero-order chi connectivity index (χ0) is 19.6. The van der Waals surface area contributed by atoms with Crippen molar-refractivity contribution in [2.75, 3.05) is 33.9 Å². The number of hydrogen-bond donors (Lipinski definition) is 1. The Morgan fingerprint density at radius 2 is 1.96 bits per heavy atom. The molecule has 8 heteroatoms. The molecule has 1 atom stereocenters. The number of carbonyl (C=O) groups excluding carboxylic acids is 3. The van der Waals surface area contributed by atoms with Crippen LogP contribution in [0.1, 0.15) is 24.8 Å². The van der Waals surface area contributed by atoms with Gasteiger partial charge in [0, 0.05) is 31.7 Å². The zero-order valence-corrected chi connectivity index (χ0v) is 15.7. The molecule has 3 rings (SSSR count). The molecule has 2 fully saturated rings. The minimum absolute atomic E-state index is 0.0124. The second kappa shape index (κ2) is 7.46. The molecule has 8 nitrogen and oxygen atoms in total. The highest BCUT2D eigenvalue weighted by molar-refractivity contribution is 6.34. The second-order valence-corrected chi connectivity index (χ2v) is 7.10. The average Bonchev–Trinajstić information content (AvgIpc) is 3.09. The fourth-order valence-corrected chi connectivity index (χ4v) is 4.17. The van der Waals surface area contributed by atoms with E-state index in [4.69, 9.17) is 15.2 Å². The summed E-state index contributed by atoms with van der Waals surface area (Å²) in [6.45, 7) is 1.68. The number of nitrogens with two attached hydrogens (primary N) is 1. The van der Waals surface area contributed by atoms with Gasteiger partial charge in [-0.15, -0.1) is 0 Å². The van der Waals surface area contributed by atoms with Gasteiger partial charge in [-0.25, -0.2) is 0 Å². The number of methoxy groups -OCH3 is 2. The van der Waals surface area contributed by atoms with Crippen molar-refractivity contribution in [1.29, 1.82) is 0 Å². The fourth-order valence-electron chi connectivity index (χ4n) is 4.17. The van der Waals surface area contributed by atoms with E-state index in [2.05, 4.69) is 0 Å². The van der Waals surface area contributed by atoms with Crippen LogP contribution in [-0.2, 0) is 20.9 Å². The van der Waals surface area contributed by atoms with E-state index >= 15 is 0 Å². The summed E-state index contributed by atoms with van der Waals surface area (Å²) < 4.78 is 10.8. The van der Waals surface area contributed by atoms with Gasteiger partial charge in [0.05, 0.1) is 19.6 Å². The van der Waals surface area contributed by atoms with Crippen LogP contribution >= 0.6 is 0 Å². The SMILES string of the molecule is COc1cccc(CN2CCC[C@]3(CCN(C(=O)C(N)=O)C3)C2=O)c1OC. The van der Waals surface area contributed by atoms with Crippen molar-refractivity contribution < 1.29 is 23.9 Å². The molecule has 1 spiro atoms. The van der Waals surface area contributed by atoms with Crippen LogP contribution in [-0.4, -0.2) is 61.4 Å². The number of ether oxygens (including phenoxy) is 2. The molecule has 1 aromatic carbocycles. The van der Waals surface area contributed by atoms with Gasteiger partial charge < -0.3 is 25.0 Å². The Balaban J connectivity index is 1.79. The van der Waals surface area contributed by atoms with Gasteiger partial charge in [0.1, 0.15) is 0 Å². The predicted octanol–water partition coefficient (Wildman–Crippen LogP) is 0.530. The van der Waals surface area contributed by atoms with Gasteiger partial charge in [0.25, 0.3) is 0 Å². The smallest absolute Gasteiger partial charge is 0.311 e. The molecule has 2 heterocycles. The van der Waals surface area contributed by atoms with Gasteiger partial charge >= 0.3 is 11.8 Å². The lowest BCUT2D eigenvalue weighted by atomic mass is 9.78. The number of para-hydroxylation sites is 1. The van der Waals surface area contributed by atoms with Gasteiger partial charge in [-0.3, -0.25) is 14.4 Å². The first-order chi connectivity index (χ1) is 12.9. The number of nitrogens with zero attached hydrogens (tertiary/aromatic N) is 2. The first-order valence-electron chi connectivity index (χ1n) is 9.00. The number of rotatable bonds is 4. The van der Waals surface area contributed by atoms with Crippen molar-refractivity contribution in [3.8, 4) is 11.5 Å². The third-order valence-electron chi connectivity index (χ3n) is 5.52. The van der Waals surface area contributed by atoms with Crippen molar-refractivity contribution in [2.45, 2.75) is 25.8 Å². The molecule has 0 aromatic heterocycles. The Hall–Kier alpha value is -2.77. The molecular weight excluding hydrogens is 350 g/mol. The molecule has 0 unspecified atom stereocenters. The first kappa shape index (κ1) is 19.0. The van der Waals surface area contributed by atoms with Gasteiger partial charge in [0.2, 0.25) is 5.91 Å². The topological polar surface area (TPSA) is 102 Å². The lowest BCUT2D eigenvalue weighted by Gasteiger charge is -2.39. The van der Waals surface area contributed by atoms with E-state index in [0.717, 1.165) is 12.0 Å². The Morgan fingerprint density at radius 3 is 2.63 bits per heavy atom. The summed E-state index contributed by atoms with van der Waals surface area (Å²) in [7, 11) is 3.15. The van der Waals surface area contributed by atoms with Crippen LogP contribution in [0.25, 0.3) is 0 Å². The summed E-state index contributed by atoms with van der Waals surface area (Å²) in [4.78, 5) is 39.5. The highest BCUT2D eigenvalue weighted by Crippen LogP contribution is 2.41. The standard InChI is InChI=1S/C19H25N3O5/c1-26-14-6-3-5-13(15(14)27-2)11-21-9-4-7-19(18(21)25)8-10-22(12-19)17(24)16(20)23/h3,5-6H,4,7-12H2,1-2H3,(H2,20,23)/t19-/m1/s1. The minimum atomic E-state index is -0.978. The number of primary amides is 1. The van der Waals surface area contributed by atoms with Gasteiger partial charge in [-0.05, 0) is 25.3 Å². The average molecular weight is 375 g/mol. The van der Waals surface area contributed by atoms with Crippen LogP contribution in [0.3, 0.4) is 0 Å². The number of likely N-dealkylation sites (tertiary alicyclic amines) is 2. The second-order valence-electron chi connectivity index (χ2n) is 7.10. The molecule has 146 valence electrons. The van der Waals surface area contributed by atoms with E-state index in [1.54, 1.807) is 19.1 Å². The van der Waals surface area contributed by atoms with E-state index in [9.17, 15) is 14.4 Å². The van der Waals surface area contributed by atoms with Gasteiger partial charge in [-0.1, -0.05) is 12.1 Å². The summed E-state index contributed by atoms with van der Waals surface area (Å²) in [6.07, 6.45) is 2.10. The molecule has 2 aliphatic heterocycles. The first-order valence-corrected chi connectivity index (χ1v) is 9.00. The Morgan fingerprint density at radius 1 is 1.19 bits per heavy atom. The third-order valence-corrected chi connectivity index (χ3v) is 5.52. The lowest BCUT2D eigenvalue weighted by Crippen LogP contribution is -2.50. The van der Waals surface area contributed by atoms with Crippen LogP contribution in [0.4, 0.5) is 0 Å². The largest absolute Gasteiger partial charge is 0.493 e. The van der Waals surface area contributed by atoms with Gasteiger partial charge in [-0.2, -0.15) is 0 Å². The molecule has 3 amide bonds. The summed E-state index contributed by atoms with van der Waals surface area (Å²) in [6, 6.07) is 5.59. The molecule has 0 radical (unpaired) electrons. The molecule has 0 bridgehead atoms. The number of amides is 3. The Labute approximate surface area is 158 Å². The predicted molar refractivity (Wildman–Crippen MR) is 97.0 cm³/mol. The monoisotopic (exact) mass is 375 g/mol. The maximum absolute atomic E-state index is 13.2. The molecule has 1 aromatic rings. The summed E-state index contributed by atoms with van der Waals surface area (Å²) in [5, 5.41) is 0.